The number of alkyl halides is 5. The molecule has 0 bridgehead atoms. The number of hydrogen-bond acceptors (Lipinski definition) is 8. The molecule has 0 saturated heterocycles. The summed E-state index contributed by atoms with van der Waals surface area (Å²) in [7, 11) is -3.98. The Balaban J connectivity index is 2.07. The van der Waals surface area contributed by atoms with Crippen LogP contribution in [0.15, 0.2) is 29.7 Å². The van der Waals surface area contributed by atoms with Crippen molar-refractivity contribution < 1.29 is 39.9 Å². The van der Waals surface area contributed by atoms with Crippen LogP contribution in [0.5, 0.6) is 5.88 Å². The fourth-order valence-corrected chi connectivity index (χ4v) is 3.68. The van der Waals surface area contributed by atoms with E-state index in [0.29, 0.717) is 0 Å². The van der Waals surface area contributed by atoms with Crippen molar-refractivity contribution in [3.63, 3.8) is 0 Å². The number of carbonyl (C=O) groups is 1. The summed E-state index contributed by atoms with van der Waals surface area (Å²) in [5.41, 5.74) is -0.361. The Morgan fingerprint density at radius 2 is 1.82 bits per heavy atom. The number of nitrogens with zero attached hydrogens (tertiary/aromatic N) is 5. The fraction of sp³-hybridized carbons (Fsp3) is 0.389. The van der Waals surface area contributed by atoms with Crippen molar-refractivity contribution in [2.45, 2.75) is 31.0 Å². The molecule has 0 atom stereocenters. The lowest BCUT2D eigenvalue weighted by atomic mass is 10.2. The molecule has 0 unspecified atom stereocenters. The smallest absolute Gasteiger partial charge is 0.456 e. The van der Waals surface area contributed by atoms with Gasteiger partial charge in [-0.25, -0.2) is 27.9 Å². The van der Waals surface area contributed by atoms with Crippen molar-refractivity contribution in [2.24, 2.45) is 0 Å². The number of halogens is 5. The second-order valence-electron chi connectivity index (χ2n) is 6.74. The topological polar surface area (TPSA) is 128 Å². The third kappa shape index (κ3) is 4.76. The Labute approximate surface area is 189 Å². The quantitative estimate of drug-likeness (QED) is 0.459. The van der Waals surface area contributed by atoms with Crippen LogP contribution in [-0.2, 0) is 9.84 Å². The second-order valence-corrected chi connectivity index (χ2v) is 8.93. The molecule has 16 heteroatoms. The zero-order valence-electron chi connectivity index (χ0n) is 17.6. The minimum atomic E-state index is -5.81. The number of rotatable bonds is 8. The van der Waals surface area contributed by atoms with Crippen LogP contribution in [0.3, 0.4) is 0 Å². The van der Waals surface area contributed by atoms with E-state index in [1.54, 1.807) is 6.92 Å². The predicted octanol–water partition coefficient (Wildman–Crippen LogP) is 2.31. The lowest BCUT2D eigenvalue weighted by Crippen LogP contribution is -2.41. The van der Waals surface area contributed by atoms with Gasteiger partial charge in [-0.3, -0.25) is 4.79 Å². The highest BCUT2D eigenvalue weighted by molar-refractivity contribution is 7.91. The maximum absolute atomic E-state index is 13.1. The van der Waals surface area contributed by atoms with Crippen molar-refractivity contribution in [3.05, 3.63) is 30.4 Å². The summed E-state index contributed by atoms with van der Waals surface area (Å²) in [4.78, 5) is 24.0. The van der Waals surface area contributed by atoms with E-state index in [9.17, 15) is 35.2 Å². The van der Waals surface area contributed by atoms with E-state index in [0.717, 1.165) is 16.9 Å². The Hall–Kier alpha value is -3.43. The Bertz CT molecular complexity index is 1310. The first-order chi connectivity index (χ1) is 15.8. The molecule has 0 aromatic carbocycles. The number of aromatic nitrogens is 5. The van der Waals surface area contributed by atoms with Crippen LogP contribution >= 0.6 is 0 Å². The van der Waals surface area contributed by atoms with E-state index >= 15 is 0 Å². The molecule has 0 spiro atoms. The minimum absolute atomic E-state index is 0.0204. The zero-order valence-corrected chi connectivity index (χ0v) is 18.4. The van der Waals surface area contributed by atoms with Gasteiger partial charge in [0, 0.05) is 12.7 Å². The Morgan fingerprint density at radius 3 is 2.38 bits per heavy atom. The molecule has 3 aromatic heterocycles. The van der Waals surface area contributed by atoms with Crippen molar-refractivity contribution in [3.8, 4) is 17.1 Å². The highest BCUT2D eigenvalue weighted by Gasteiger charge is 2.58. The van der Waals surface area contributed by atoms with Gasteiger partial charge in [0.2, 0.25) is 5.88 Å². The third-order valence-electron chi connectivity index (χ3n) is 4.43. The van der Waals surface area contributed by atoms with E-state index in [4.69, 9.17) is 0 Å². The lowest BCUT2D eigenvalue weighted by Gasteiger charge is -2.19. The molecule has 10 nitrogen and oxygen atoms in total. The molecule has 1 N–H and O–H groups in total. The molecule has 1 amide bonds. The molecule has 0 radical (unpaired) electrons. The van der Waals surface area contributed by atoms with Gasteiger partial charge in [-0.1, -0.05) is 6.92 Å². The second kappa shape index (κ2) is 9.08. The first kappa shape index (κ1) is 25.2. The van der Waals surface area contributed by atoms with Crippen LogP contribution in [0.4, 0.5) is 22.0 Å². The van der Waals surface area contributed by atoms with E-state index in [1.807, 2.05) is 0 Å². The number of fused-ring (bicyclic) bond motifs is 1. The van der Waals surface area contributed by atoms with Crippen LogP contribution in [0.1, 0.15) is 24.3 Å². The average Bonchev–Trinajstić information content (AvgIpc) is 3.18. The molecule has 0 aliphatic rings. The van der Waals surface area contributed by atoms with Gasteiger partial charge in [-0.15, -0.1) is 0 Å². The van der Waals surface area contributed by atoms with Gasteiger partial charge in [-0.2, -0.15) is 27.1 Å². The normalized spacial score (nSPS) is 12.7. The van der Waals surface area contributed by atoms with Gasteiger partial charge in [0.05, 0.1) is 29.4 Å². The number of ether oxygens (including phenoxy) is 1. The summed E-state index contributed by atoms with van der Waals surface area (Å²) < 4.78 is 93.8. The molecular weight excluding hydrogens is 491 g/mol. The van der Waals surface area contributed by atoms with E-state index in [1.165, 1.54) is 19.2 Å². The summed E-state index contributed by atoms with van der Waals surface area (Å²) in [6, 6.07) is 1.32. The number of carbonyl (C=O) groups excluding carboxylic acids is 1. The summed E-state index contributed by atoms with van der Waals surface area (Å²) in [6.07, 6.45) is -2.90. The highest BCUT2D eigenvalue weighted by atomic mass is 32.2. The summed E-state index contributed by atoms with van der Waals surface area (Å²) in [5, 5.41) is 6.12. The van der Waals surface area contributed by atoms with Gasteiger partial charge < -0.3 is 10.1 Å². The van der Waals surface area contributed by atoms with Crippen LogP contribution in [0.2, 0.25) is 0 Å². The largest absolute Gasteiger partial charge is 0.470 e. The number of amides is 1. The maximum atomic E-state index is 13.1. The molecule has 3 aromatic rings. The maximum Gasteiger partial charge on any atom is 0.456 e. The molecule has 0 fully saturated rings. The van der Waals surface area contributed by atoms with E-state index in [-0.39, 0.29) is 34.9 Å². The Kier molecular flexibility index (Phi) is 6.73. The number of nitrogens with one attached hydrogen (secondary N) is 1. The third-order valence-corrected chi connectivity index (χ3v) is 6.07. The molecule has 3 heterocycles. The molecule has 0 aliphatic carbocycles. The molecule has 34 heavy (non-hydrogen) atoms. The molecule has 184 valence electrons. The van der Waals surface area contributed by atoms with Gasteiger partial charge >= 0.3 is 12.1 Å². The van der Waals surface area contributed by atoms with E-state index in [2.05, 4.69) is 30.1 Å². The predicted molar refractivity (Wildman–Crippen MR) is 106 cm³/mol. The monoisotopic (exact) mass is 508 g/mol. The van der Waals surface area contributed by atoms with Gasteiger partial charge in [0.1, 0.15) is 5.69 Å². The zero-order chi connectivity index (χ0) is 25.3. The van der Waals surface area contributed by atoms with Gasteiger partial charge in [0.25, 0.3) is 5.91 Å². The first-order valence-electron chi connectivity index (χ1n) is 9.60. The van der Waals surface area contributed by atoms with Crippen molar-refractivity contribution in [1.29, 1.82) is 0 Å². The van der Waals surface area contributed by atoms with Crippen LogP contribution in [-0.4, -0.2) is 69.9 Å². The average molecular weight is 508 g/mol. The van der Waals surface area contributed by atoms with Crippen LogP contribution in [0, 0.1) is 0 Å². The lowest BCUT2D eigenvalue weighted by molar-refractivity contribution is -0.290. The molecule has 3 rings (SSSR count). The SMILES string of the molecule is CCNC(=O)c1ccnc2c(-c3cnc(OCC(F)(F)C(F)(F)F)cn3)c(S(=O)(=O)CC)nn12. The van der Waals surface area contributed by atoms with Crippen LogP contribution < -0.4 is 10.1 Å². The molecule has 0 aliphatic heterocycles. The highest BCUT2D eigenvalue weighted by Crippen LogP contribution is 2.36. The van der Waals surface area contributed by atoms with Crippen LogP contribution in [0.25, 0.3) is 16.9 Å². The van der Waals surface area contributed by atoms with E-state index < -0.39 is 45.4 Å². The number of sulfone groups is 1. The molecule has 0 saturated carbocycles. The Morgan fingerprint density at radius 1 is 1.12 bits per heavy atom. The van der Waals surface area contributed by atoms with Crippen molar-refractivity contribution in [2.75, 3.05) is 18.9 Å². The van der Waals surface area contributed by atoms with Crippen molar-refractivity contribution >= 4 is 21.4 Å². The summed E-state index contributed by atoms with van der Waals surface area (Å²) in [5.74, 6) is -6.68. The summed E-state index contributed by atoms with van der Waals surface area (Å²) in [6.45, 7) is 1.32. The van der Waals surface area contributed by atoms with Crippen molar-refractivity contribution in [1.82, 2.24) is 29.9 Å². The standard InChI is InChI=1S/C18H17F5N6O4S/c1-3-24-15(30)11-5-6-25-14-13(16(28-29(11)14)34(31,32)4-2)10-7-27-12(8-26-10)33-9-17(19,20)18(21,22)23/h5-8H,3-4,9H2,1-2H3,(H,24,30). The van der Waals surface area contributed by atoms with Gasteiger partial charge in [0.15, 0.2) is 27.1 Å². The first-order valence-corrected chi connectivity index (χ1v) is 11.3. The van der Waals surface area contributed by atoms with Gasteiger partial charge in [-0.05, 0) is 13.0 Å². The fourth-order valence-electron chi connectivity index (χ4n) is 2.69. The summed E-state index contributed by atoms with van der Waals surface area (Å²) >= 11 is 0. The number of hydrogen-bond donors (Lipinski definition) is 1. The molecular formula is C18H17F5N6O4S. The minimum Gasteiger partial charge on any atom is -0.470 e.